The highest BCUT2D eigenvalue weighted by Gasteiger charge is 2.57. The zero-order valence-electron chi connectivity index (χ0n) is 13.8. The highest BCUT2D eigenvalue weighted by molar-refractivity contribution is 6.23. The van der Waals surface area contributed by atoms with Gasteiger partial charge in [0.25, 0.3) is 5.91 Å². The fourth-order valence-electron chi connectivity index (χ4n) is 4.02. The van der Waals surface area contributed by atoms with Crippen molar-refractivity contribution in [1.82, 2.24) is 10.2 Å². The smallest absolute Gasteiger partial charge is 0.317 e. The van der Waals surface area contributed by atoms with E-state index in [4.69, 9.17) is 0 Å². The summed E-state index contributed by atoms with van der Waals surface area (Å²) in [6.07, 6.45) is 1.35. The summed E-state index contributed by atoms with van der Waals surface area (Å²) < 4.78 is 0. The molecule has 2 fully saturated rings. The molecule has 4 rings (SSSR count). The third kappa shape index (κ3) is 2.04. The number of fused-ring (bicyclic) bond motifs is 1. The molecule has 2 aromatic rings. The van der Waals surface area contributed by atoms with Gasteiger partial charge in [-0.1, -0.05) is 30.3 Å². The average Bonchev–Trinajstić information content (AvgIpc) is 2.82. The van der Waals surface area contributed by atoms with Gasteiger partial charge in [0, 0.05) is 6.54 Å². The molecule has 2 aliphatic rings. The summed E-state index contributed by atoms with van der Waals surface area (Å²) in [4.78, 5) is 29.3. The SMILES string of the molecule is CCN1C(=O)N(c2ccc3ccccc3c2)C(=O)C12CCNCC2. The van der Waals surface area contributed by atoms with E-state index >= 15 is 0 Å². The topological polar surface area (TPSA) is 52.7 Å². The summed E-state index contributed by atoms with van der Waals surface area (Å²) in [5, 5.41) is 5.42. The molecule has 0 saturated carbocycles. The summed E-state index contributed by atoms with van der Waals surface area (Å²) in [5.74, 6) is -0.0777. The monoisotopic (exact) mass is 323 g/mol. The van der Waals surface area contributed by atoms with E-state index in [1.807, 2.05) is 49.4 Å². The van der Waals surface area contributed by atoms with Crippen molar-refractivity contribution in [2.24, 2.45) is 0 Å². The normalized spacial score (nSPS) is 20.4. The molecule has 2 aromatic carbocycles. The summed E-state index contributed by atoms with van der Waals surface area (Å²) >= 11 is 0. The number of hydrogen-bond donors (Lipinski definition) is 1. The Morgan fingerprint density at radius 1 is 1.04 bits per heavy atom. The standard InChI is InChI=1S/C19H21N3O2/c1-2-21-18(24)22(17(23)19(21)9-11-20-12-10-19)16-8-7-14-5-3-4-6-15(14)13-16/h3-8,13,20H,2,9-12H2,1H3. The van der Waals surface area contributed by atoms with Crippen molar-refractivity contribution in [1.29, 1.82) is 0 Å². The van der Waals surface area contributed by atoms with Crippen molar-refractivity contribution >= 4 is 28.4 Å². The van der Waals surface area contributed by atoms with Crippen molar-refractivity contribution in [2.75, 3.05) is 24.5 Å². The number of hydrogen-bond acceptors (Lipinski definition) is 3. The zero-order chi connectivity index (χ0) is 16.7. The summed E-state index contributed by atoms with van der Waals surface area (Å²) in [5.41, 5.74) is -0.0134. The molecule has 5 nitrogen and oxygen atoms in total. The first-order valence-electron chi connectivity index (χ1n) is 8.53. The van der Waals surface area contributed by atoms with E-state index in [9.17, 15) is 9.59 Å². The molecular weight excluding hydrogens is 302 g/mol. The highest BCUT2D eigenvalue weighted by atomic mass is 16.2. The Labute approximate surface area is 141 Å². The first-order valence-corrected chi connectivity index (χ1v) is 8.53. The molecule has 3 amide bonds. The van der Waals surface area contributed by atoms with Crippen molar-refractivity contribution in [3.8, 4) is 0 Å². The van der Waals surface area contributed by atoms with Crippen LogP contribution in [0.2, 0.25) is 0 Å². The molecule has 0 aliphatic carbocycles. The van der Waals surface area contributed by atoms with Gasteiger partial charge in [-0.2, -0.15) is 0 Å². The number of nitrogens with zero attached hydrogens (tertiary/aromatic N) is 2. The van der Waals surface area contributed by atoms with Crippen LogP contribution in [0.15, 0.2) is 42.5 Å². The number of nitrogens with one attached hydrogen (secondary N) is 1. The molecule has 1 spiro atoms. The number of imide groups is 1. The third-order valence-corrected chi connectivity index (χ3v) is 5.28. The lowest BCUT2D eigenvalue weighted by Crippen LogP contribution is -2.55. The molecule has 2 saturated heterocycles. The van der Waals surface area contributed by atoms with Crippen molar-refractivity contribution in [3.05, 3.63) is 42.5 Å². The van der Waals surface area contributed by atoms with Crippen LogP contribution < -0.4 is 10.2 Å². The fraction of sp³-hybridized carbons (Fsp3) is 0.368. The van der Waals surface area contributed by atoms with E-state index in [-0.39, 0.29) is 11.9 Å². The molecule has 0 radical (unpaired) electrons. The molecule has 1 N–H and O–H groups in total. The minimum atomic E-state index is -0.678. The van der Waals surface area contributed by atoms with Gasteiger partial charge in [0.2, 0.25) is 0 Å². The Morgan fingerprint density at radius 2 is 1.75 bits per heavy atom. The summed E-state index contributed by atoms with van der Waals surface area (Å²) in [6, 6.07) is 13.5. The quantitative estimate of drug-likeness (QED) is 0.865. The minimum absolute atomic E-state index is 0.0777. The van der Waals surface area contributed by atoms with Crippen molar-refractivity contribution < 1.29 is 9.59 Å². The third-order valence-electron chi connectivity index (χ3n) is 5.28. The number of likely N-dealkylation sites (N-methyl/N-ethyl adjacent to an activating group) is 1. The van der Waals surface area contributed by atoms with Gasteiger partial charge in [0.05, 0.1) is 5.69 Å². The number of rotatable bonds is 2. The maximum atomic E-state index is 13.2. The Balaban J connectivity index is 1.79. The molecule has 0 atom stereocenters. The van der Waals surface area contributed by atoms with Crippen LogP contribution in [0.5, 0.6) is 0 Å². The van der Waals surface area contributed by atoms with Crippen LogP contribution in [-0.2, 0) is 4.79 Å². The molecule has 24 heavy (non-hydrogen) atoms. The van der Waals surface area contributed by atoms with E-state index in [0.29, 0.717) is 25.1 Å². The van der Waals surface area contributed by atoms with Crippen LogP contribution in [0.25, 0.3) is 10.8 Å². The van der Waals surface area contributed by atoms with Crippen LogP contribution in [0.4, 0.5) is 10.5 Å². The van der Waals surface area contributed by atoms with Gasteiger partial charge in [-0.05, 0) is 55.8 Å². The largest absolute Gasteiger partial charge is 0.332 e. The number of amides is 3. The number of urea groups is 1. The second-order valence-electron chi connectivity index (χ2n) is 6.48. The molecule has 124 valence electrons. The average molecular weight is 323 g/mol. The predicted molar refractivity (Wildman–Crippen MR) is 94.0 cm³/mol. The Bertz CT molecular complexity index is 811. The maximum Gasteiger partial charge on any atom is 0.332 e. The van der Waals surface area contributed by atoms with E-state index in [1.54, 1.807) is 4.90 Å². The lowest BCUT2D eigenvalue weighted by molar-refractivity contribution is -0.126. The molecular formula is C19H21N3O2. The molecule has 2 heterocycles. The predicted octanol–water partition coefficient (Wildman–Crippen LogP) is 2.75. The van der Waals surface area contributed by atoms with E-state index in [1.165, 1.54) is 4.90 Å². The first kappa shape index (κ1) is 15.1. The minimum Gasteiger partial charge on any atom is -0.317 e. The van der Waals surface area contributed by atoms with Gasteiger partial charge < -0.3 is 10.2 Å². The van der Waals surface area contributed by atoms with Gasteiger partial charge in [-0.3, -0.25) is 4.79 Å². The molecule has 5 heteroatoms. The second-order valence-corrected chi connectivity index (χ2v) is 6.48. The van der Waals surface area contributed by atoms with Crippen LogP contribution in [0.3, 0.4) is 0 Å². The molecule has 0 aromatic heterocycles. The molecule has 0 unspecified atom stereocenters. The van der Waals surface area contributed by atoms with Gasteiger partial charge in [-0.25, -0.2) is 9.69 Å². The van der Waals surface area contributed by atoms with Gasteiger partial charge in [0.15, 0.2) is 0 Å². The zero-order valence-corrected chi connectivity index (χ0v) is 13.8. The van der Waals surface area contributed by atoms with Gasteiger partial charge >= 0.3 is 6.03 Å². The molecule has 0 bridgehead atoms. The lowest BCUT2D eigenvalue weighted by Gasteiger charge is -2.37. The van der Waals surface area contributed by atoms with Crippen LogP contribution in [0, 0.1) is 0 Å². The van der Waals surface area contributed by atoms with Crippen LogP contribution >= 0.6 is 0 Å². The lowest BCUT2D eigenvalue weighted by atomic mass is 9.86. The Hall–Kier alpha value is -2.40. The van der Waals surface area contributed by atoms with Crippen LogP contribution in [0.1, 0.15) is 19.8 Å². The van der Waals surface area contributed by atoms with E-state index in [2.05, 4.69) is 5.32 Å². The number of carbonyl (C=O) groups excluding carboxylic acids is 2. The second kappa shape index (κ2) is 5.60. The number of piperidine rings is 1. The van der Waals surface area contributed by atoms with E-state index < -0.39 is 5.54 Å². The number of carbonyl (C=O) groups is 2. The fourth-order valence-corrected chi connectivity index (χ4v) is 4.02. The van der Waals surface area contributed by atoms with Crippen molar-refractivity contribution in [2.45, 2.75) is 25.3 Å². The van der Waals surface area contributed by atoms with Crippen molar-refractivity contribution in [3.63, 3.8) is 0 Å². The Kier molecular flexibility index (Phi) is 3.53. The summed E-state index contributed by atoms with van der Waals surface area (Å²) in [7, 11) is 0. The maximum absolute atomic E-state index is 13.2. The van der Waals surface area contributed by atoms with E-state index in [0.717, 1.165) is 23.9 Å². The molecule has 2 aliphatic heterocycles. The van der Waals surface area contributed by atoms with Gasteiger partial charge in [-0.15, -0.1) is 0 Å². The Morgan fingerprint density at radius 3 is 2.46 bits per heavy atom. The van der Waals surface area contributed by atoms with Gasteiger partial charge in [0.1, 0.15) is 5.54 Å². The van der Waals surface area contributed by atoms with Crippen LogP contribution in [-0.4, -0.2) is 42.0 Å². The number of anilines is 1. The highest BCUT2D eigenvalue weighted by Crippen LogP contribution is 2.38. The first-order chi connectivity index (χ1) is 11.7. The summed E-state index contributed by atoms with van der Waals surface area (Å²) in [6.45, 7) is 4.02. The number of benzene rings is 2.